The zero-order chi connectivity index (χ0) is 20.6. The van der Waals surface area contributed by atoms with Gasteiger partial charge in [0.25, 0.3) is 0 Å². The molecule has 0 saturated heterocycles. The number of benzene rings is 3. The van der Waals surface area contributed by atoms with Crippen LogP contribution in [0.2, 0.25) is 0 Å². The molecule has 3 aromatic carbocycles. The lowest BCUT2D eigenvalue weighted by molar-refractivity contribution is 0.0633. The monoisotopic (exact) mass is 407 g/mol. The molecule has 0 fully saturated rings. The number of aryl methyl sites for hydroxylation is 1. The highest BCUT2D eigenvalue weighted by molar-refractivity contribution is 7.85. The Kier molecular flexibility index (Phi) is 7.76. The summed E-state index contributed by atoms with van der Waals surface area (Å²) in [6, 6.07) is 28.1. The Morgan fingerprint density at radius 3 is 1.79 bits per heavy atom. The first-order valence-electron chi connectivity index (χ1n) is 9.98. The van der Waals surface area contributed by atoms with Crippen molar-refractivity contribution in [3.63, 3.8) is 0 Å². The second-order valence-electron chi connectivity index (χ2n) is 7.51. The van der Waals surface area contributed by atoms with E-state index in [1.54, 1.807) is 0 Å². The van der Waals surface area contributed by atoms with E-state index in [4.69, 9.17) is 0 Å². The lowest BCUT2D eigenvalue weighted by atomic mass is 10.1. The highest BCUT2D eigenvalue weighted by Crippen LogP contribution is 2.18. The van der Waals surface area contributed by atoms with E-state index in [1.807, 2.05) is 74.5 Å². The number of rotatable bonds is 9. The summed E-state index contributed by atoms with van der Waals surface area (Å²) in [7, 11) is -1.23. The van der Waals surface area contributed by atoms with Crippen molar-refractivity contribution in [3.8, 4) is 0 Å². The first-order chi connectivity index (χ1) is 14.0. The molecule has 0 aromatic heterocycles. The molecule has 0 unspecified atom stereocenters. The minimum atomic E-state index is -1.23. The summed E-state index contributed by atoms with van der Waals surface area (Å²) in [6.07, 6.45) is -0.690. The van der Waals surface area contributed by atoms with E-state index >= 15 is 0 Å². The summed E-state index contributed by atoms with van der Waals surface area (Å²) in [5.74, 6) is 0.226. The van der Waals surface area contributed by atoms with E-state index < -0.39 is 16.9 Å². The maximum atomic E-state index is 12.7. The summed E-state index contributed by atoms with van der Waals surface area (Å²) in [5.41, 5.74) is 3.53. The third-order valence-corrected chi connectivity index (χ3v) is 6.64. The van der Waals surface area contributed by atoms with Gasteiger partial charge in [0.15, 0.2) is 0 Å². The van der Waals surface area contributed by atoms with Crippen molar-refractivity contribution in [1.29, 1.82) is 0 Å². The lowest BCUT2D eigenvalue weighted by Crippen LogP contribution is -2.43. The van der Waals surface area contributed by atoms with Crippen LogP contribution in [0.15, 0.2) is 89.8 Å². The van der Waals surface area contributed by atoms with Crippen molar-refractivity contribution in [1.82, 2.24) is 4.90 Å². The van der Waals surface area contributed by atoms with Crippen LogP contribution in [0.1, 0.15) is 23.6 Å². The lowest BCUT2D eigenvalue weighted by Gasteiger charge is -2.32. The first kappa shape index (κ1) is 21.4. The number of hydrogen-bond donors (Lipinski definition) is 1. The average molecular weight is 408 g/mol. The molecule has 0 aliphatic rings. The van der Waals surface area contributed by atoms with Crippen LogP contribution in [-0.2, 0) is 23.9 Å². The van der Waals surface area contributed by atoms with Gasteiger partial charge in [-0.1, -0.05) is 78.4 Å². The predicted molar refractivity (Wildman–Crippen MR) is 120 cm³/mol. The number of aliphatic hydroxyl groups is 1. The highest BCUT2D eigenvalue weighted by atomic mass is 32.2. The molecule has 0 amide bonds. The normalized spacial score (nSPS) is 14.5. The van der Waals surface area contributed by atoms with E-state index in [2.05, 4.69) is 29.2 Å². The number of aliphatic hydroxyl groups excluding tert-OH is 1. The quantitative estimate of drug-likeness (QED) is 0.565. The maximum Gasteiger partial charge on any atom is 0.0811 e. The zero-order valence-electron chi connectivity index (χ0n) is 17.1. The van der Waals surface area contributed by atoms with Gasteiger partial charge in [-0.25, -0.2) is 0 Å². The highest BCUT2D eigenvalue weighted by Gasteiger charge is 2.24. The molecule has 0 aliphatic heterocycles. The second kappa shape index (κ2) is 10.5. The Hall–Kier alpha value is -2.27. The average Bonchev–Trinajstić information content (AvgIpc) is 2.74. The van der Waals surface area contributed by atoms with Crippen molar-refractivity contribution in [2.75, 3.05) is 5.75 Å². The fraction of sp³-hybridized carbons (Fsp3) is 0.280. The van der Waals surface area contributed by atoms with Gasteiger partial charge in [-0.2, -0.15) is 0 Å². The molecule has 3 aromatic rings. The van der Waals surface area contributed by atoms with Gasteiger partial charge < -0.3 is 5.11 Å². The van der Waals surface area contributed by atoms with Crippen molar-refractivity contribution >= 4 is 10.8 Å². The molecule has 3 atom stereocenters. The first-order valence-corrected chi connectivity index (χ1v) is 11.3. The van der Waals surface area contributed by atoms with Crippen LogP contribution in [0.25, 0.3) is 0 Å². The van der Waals surface area contributed by atoms with E-state index in [0.717, 1.165) is 23.5 Å². The molecule has 0 spiro atoms. The van der Waals surface area contributed by atoms with Crippen LogP contribution in [0, 0.1) is 6.92 Å². The summed E-state index contributed by atoms with van der Waals surface area (Å²) in [6.45, 7) is 5.48. The van der Waals surface area contributed by atoms with Gasteiger partial charge in [-0.3, -0.25) is 9.11 Å². The molecule has 3 rings (SSSR count). The molecule has 3 nitrogen and oxygen atoms in total. The molecule has 0 radical (unpaired) electrons. The molecule has 0 saturated carbocycles. The van der Waals surface area contributed by atoms with Crippen LogP contribution < -0.4 is 0 Å². The molecule has 0 aliphatic carbocycles. The topological polar surface area (TPSA) is 40.5 Å². The molecule has 4 heteroatoms. The third kappa shape index (κ3) is 6.36. The van der Waals surface area contributed by atoms with Crippen LogP contribution in [0.4, 0.5) is 0 Å². The van der Waals surface area contributed by atoms with E-state index in [1.165, 1.54) is 11.1 Å². The van der Waals surface area contributed by atoms with E-state index in [9.17, 15) is 9.32 Å². The van der Waals surface area contributed by atoms with Gasteiger partial charge in [-0.05, 0) is 37.1 Å². The summed E-state index contributed by atoms with van der Waals surface area (Å²) in [4.78, 5) is 3.02. The molecule has 0 heterocycles. The van der Waals surface area contributed by atoms with Crippen LogP contribution in [0.5, 0.6) is 0 Å². The SMILES string of the molecule is Cc1ccc([S@](=O)C[C@H](O)[C@H](C)N(Cc2ccccc2)Cc2ccccc2)cc1. The van der Waals surface area contributed by atoms with Gasteiger partial charge in [0.2, 0.25) is 0 Å². The zero-order valence-corrected chi connectivity index (χ0v) is 17.9. The van der Waals surface area contributed by atoms with Gasteiger partial charge in [0, 0.05) is 24.0 Å². The van der Waals surface area contributed by atoms with Gasteiger partial charge in [0.1, 0.15) is 0 Å². The van der Waals surface area contributed by atoms with Gasteiger partial charge >= 0.3 is 0 Å². The molecular formula is C25H29NO2S. The molecule has 1 N–H and O–H groups in total. The fourth-order valence-electron chi connectivity index (χ4n) is 3.30. The van der Waals surface area contributed by atoms with Crippen LogP contribution >= 0.6 is 0 Å². The van der Waals surface area contributed by atoms with E-state index in [0.29, 0.717) is 0 Å². The predicted octanol–water partition coefficient (Wildman–Crippen LogP) is 4.55. The molecule has 152 valence electrons. The molecule has 29 heavy (non-hydrogen) atoms. The van der Waals surface area contributed by atoms with Crippen LogP contribution in [0.3, 0.4) is 0 Å². The minimum Gasteiger partial charge on any atom is -0.391 e. The Morgan fingerprint density at radius 1 is 0.828 bits per heavy atom. The molecular weight excluding hydrogens is 378 g/mol. The maximum absolute atomic E-state index is 12.7. The fourth-order valence-corrected chi connectivity index (χ4v) is 4.52. The van der Waals surface area contributed by atoms with Crippen molar-refractivity contribution in [2.45, 2.75) is 44.0 Å². The Bertz CT molecular complexity index is 856. The standard InChI is InChI=1S/C25H29NO2S/c1-20-13-15-24(16-14-20)29(28)19-25(27)21(2)26(17-22-9-5-3-6-10-22)18-23-11-7-4-8-12-23/h3-16,21,25,27H,17-19H2,1-2H3/t21-,25-,29+/m0/s1. The Labute approximate surface area is 176 Å². The summed E-state index contributed by atoms with van der Waals surface area (Å²) in [5, 5.41) is 10.9. The summed E-state index contributed by atoms with van der Waals surface area (Å²) < 4.78 is 12.7. The van der Waals surface area contributed by atoms with Gasteiger partial charge in [0.05, 0.1) is 22.7 Å². The Morgan fingerprint density at radius 2 is 1.31 bits per heavy atom. The largest absolute Gasteiger partial charge is 0.391 e. The van der Waals surface area contributed by atoms with Crippen molar-refractivity contribution < 1.29 is 9.32 Å². The smallest absolute Gasteiger partial charge is 0.0811 e. The van der Waals surface area contributed by atoms with Gasteiger partial charge in [-0.15, -0.1) is 0 Å². The minimum absolute atomic E-state index is 0.134. The van der Waals surface area contributed by atoms with Crippen molar-refractivity contribution in [3.05, 3.63) is 102 Å². The van der Waals surface area contributed by atoms with E-state index in [-0.39, 0.29) is 11.8 Å². The van der Waals surface area contributed by atoms with Crippen LogP contribution in [-0.4, -0.2) is 32.1 Å². The third-order valence-electron chi connectivity index (χ3n) is 5.20. The number of nitrogens with zero attached hydrogens (tertiary/aromatic N) is 1. The second-order valence-corrected chi connectivity index (χ2v) is 9.01. The number of hydrogen-bond acceptors (Lipinski definition) is 3. The summed E-state index contributed by atoms with van der Waals surface area (Å²) >= 11 is 0. The Balaban J connectivity index is 1.72. The van der Waals surface area contributed by atoms with Crippen molar-refractivity contribution in [2.24, 2.45) is 0 Å². The molecule has 0 bridgehead atoms.